The Morgan fingerprint density at radius 1 is 0.953 bits per heavy atom. The van der Waals surface area contributed by atoms with Gasteiger partial charge in [-0.2, -0.15) is 13.2 Å². The van der Waals surface area contributed by atoms with Crippen LogP contribution in [0.25, 0.3) is 0 Å². The fraction of sp³-hybridized carbons (Fsp3) is 0.333. The topological polar surface area (TPSA) is 86.8 Å². The molecule has 0 aliphatic carbocycles. The number of rotatable bonds is 12. The molecule has 0 saturated carbocycles. The second-order valence-electron chi connectivity index (χ2n) is 10.1. The SMILES string of the molecule is CCC(C)NC(=O)C(Cc1ccccc1)N(Cc1ccccc1Cl)C(=O)CN(c1ccc(Cl)c(C(F)(F)F)c1)S(C)(=O)=O. The first-order chi connectivity index (χ1) is 20.1. The van der Waals surface area contributed by atoms with Crippen molar-refractivity contribution in [2.24, 2.45) is 0 Å². The van der Waals surface area contributed by atoms with Crippen LogP contribution < -0.4 is 9.62 Å². The average Bonchev–Trinajstić information content (AvgIpc) is 2.94. The molecule has 1 N–H and O–H groups in total. The molecule has 0 aromatic heterocycles. The number of carbonyl (C=O) groups excluding carboxylic acids is 2. The Labute approximate surface area is 259 Å². The van der Waals surface area contributed by atoms with Gasteiger partial charge in [0.1, 0.15) is 12.6 Å². The summed E-state index contributed by atoms with van der Waals surface area (Å²) < 4.78 is 67.1. The summed E-state index contributed by atoms with van der Waals surface area (Å²) in [6.07, 6.45) is -3.40. The summed E-state index contributed by atoms with van der Waals surface area (Å²) in [5, 5.41) is 2.58. The molecule has 0 radical (unpaired) electrons. The molecule has 3 rings (SSSR count). The third-order valence-electron chi connectivity index (χ3n) is 6.79. The number of alkyl halides is 3. The largest absolute Gasteiger partial charge is 0.417 e. The Kier molecular flexibility index (Phi) is 11.5. The number of nitrogens with one attached hydrogen (secondary N) is 1. The molecule has 232 valence electrons. The molecule has 0 spiro atoms. The summed E-state index contributed by atoms with van der Waals surface area (Å²) >= 11 is 12.2. The number of amides is 2. The monoisotopic (exact) mass is 657 g/mol. The number of hydrogen-bond donors (Lipinski definition) is 1. The van der Waals surface area contributed by atoms with Crippen molar-refractivity contribution in [3.05, 3.63) is 99.5 Å². The maximum absolute atomic E-state index is 14.1. The van der Waals surface area contributed by atoms with E-state index < -0.39 is 56.9 Å². The Morgan fingerprint density at radius 2 is 1.58 bits per heavy atom. The molecule has 0 aliphatic heterocycles. The maximum atomic E-state index is 14.1. The van der Waals surface area contributed by atoms with Crippen molar-refractivity contribution < 1.29 is 31.2 Å². The molecule has 2 atom stereocenters. The molecule has 0 aliphatic rings. The Balaban J connectivity index is 2.12. The van der Waals surface area contributed by atoms with Crippen LogP contribution in [0.3, 0.4) is 0 Å². The first kappa shape index (κ1) is 34.2. The lowest BCUT2D eigenvalue weighted by Crippen LogP contribution is -2.54. The highest BCUT2D eigenvalue weighted by Crippen LogP contribution is 2.37. The maximum Gasteiger partial charge on any atom is 0.417 e. The van der Waals surface area contributed by atoms with Gasteiger partial charge < -0.3 is 10.2 Å². The number of halogens is 5. The van der Waals surface area contributed by atoms with E-state index in [1.165, 1.54) is 4.90 Å². The third-order valence-corrected chi connectivity index (χ3v) is 8.63. The molecule has 43 heavy (non-hydrogen) atoms. The van der Waals surface area contributed by atoms with E-state index in [9.17, 15) is 31.2 Å². The van der Waals surface area contributed by atoms with Gasteiger partial charge in [0.25, 0.3) is 0 Å². The molecule has 0 heterocycles. The van der Waals surface area contributed by atoms with Crippen molar-refractivity contribution in [3.8, 4) is 0 Å². The number of nitrogens with zero attached hydrogens (tertiary/aromatic N) is 2. The van der Waals surface area contributed by atoms with Crippen molar-refractivity contribution in [2.45, 2.75) is 51.5 Å². The van der Waals surface area contributed by atoms with Crippen LogP contribution in [0.5, 0.6) is 0 Å². The van der Waals surface area contributed by atoms with Crippen molar-refractivity contribution in [1.29, 1.82) is 0 Å². The van der Waals surface area contributed by atoms with Gasteiger partial charge in [0.15, 0.2) is 0 Å². The van der Waals surface area contributed by atoms with Gasteiger partial charge in [0.05, 0.1) is 22.5 Å². The zero-order valence-corrected chi connectivity index (χ0v) is 26.1. The zero-order valence-electron chi connectivity index (χ0n) is 23.7. The Bertz CT molecular complexity index is 1540. The first-order valence-electron chi connectivity index (χ1n) is 13.3. The number of anilines is 1. The quantitative estimate of drug-likeness (QED) is 0.247. The van der Waals surface area contributed by atoms with Gasteiger partial charge >= 0.3 is 6.18 Å². The molecule has 3 aromatic rings. The normalized spacial score (nSPS) is 13.2. The summed E-state index contributed by atoms with van der Waals surface area (Å²) in [6.45, 7) is 2.64. The summed E-state index contributed by atoms with van der Waals surface area (Å²) in [7, 11) is -4.28. The number of hydrogen-bond acceptors (Lipinski definition) is 4. The first-order valence-corrected chi connectivity index (χ1v) is 15.9. The summed E-state index contributed by atoms with van der Waals surface area (Å²) in [5.41, 5.74) is -0.440. The van der Waals surface area contributed by atoms with Crippen molar-refractivity contribution >= 4 is 50.7 Å². The van der Waals surface area contributed by atoms with Gasteiger partial charge in [0.2, 0.25) is 21.8 Å². The van der Waals surface area contributed by atoms with Gasteiger partial charge in [-0.1, -0.05) is 78.7 Å². The fourth-order valence-electron chi connectivity index (χ4n) is 4.30. The highest BCUT2D eigenvalue weighted by Gasteiger charge is 2.36. The number of benzene rings is 3. The van der Waals surface area contributed by atoms with Crippen molar-refractivity contribution in [3.63, 3.8) is 0 Å². The van der Waals surface area contributed by atoms with Gasteiger partial charge in [-0.05, 0) is 48.7 Å². The standard InChI is InChI=1S/C30H32Cl2F3N3O4S/c1-4-20(2)36-29(40)27(16-21-10-6-5-7-11-21)37(18-22-12-8-9-13-25(22)31)28(39)19-38(43(3,41)42)23-14-15-26(32)24(17-23)30(33,34)35/h5-15,17,20,27H,4,16,18-19H2,1-3H3,(H,36,40). The summed E-state index contributed by atoms with van der Waals surface area (Å²) in [5.74, 6) is -1.30. The number of sulfonamides is 1. The van der Waals surface area contributed by atoms with E-state index in [1.54, 1.807) is 54.6 Å². The Morgan fingerprint density at radius 3 is 2.16 bits per heavy atom. The summed E-state index contributed by atoms with van der Waals surface area (Å²) in [4.78, 5) is 29.0. The minimum atomic E-state index is -4.87. The van der Waals surface area contributed by atoms with Gasteiger partial charge in [-0.3, -0.25) is 13.9 Å². The number of carbonyl (C=O) groups is 2. The van der Waals surface area contributed by atoms with E-state index in [0.29, 0.717) is 27.4 Å². The molecule has 0 saturated heterocycles. The van der Waals surface area contributed by atoms with Crippen LogP contribution in [0.4, 0.5) is 18.9 Å². The highest BCUT2D eigenvalue weighted by atomic mass is 35.5. The van der Waals surface area contributed by atoms with Crippen LogP contribution in [0, 0.1) is 0 Å². The van der Waals surface area contributed by atoms with Gasteiger partial charge in [-0.25, -0.2) is 8.42 Å². The minimum Gasteiger partial charge on any atom is -0.352 e. The summed E-state index contributed by atoms with van der Waals surface area (Å²) in [6, 6.07) is 16.8. The van der Waals surface area contributed by atoms with Crippen molar-refractivity contribution in [2.75, 3.05) is 17.1 Å². The van der Waals surface area contributed by atoms with Crippen LogP contribution >= 0.6 is 23.2 Å². The van der Waals surface area contributed by atoms with Crippen LogP contribution in [0.1, 0.15) is 37.0 Å². The van der Waals surface area contributed by atoms with E-state index in [0.717, 1.165) is 24.0 Å². The highest BCUT2D eigenvalue weighted by molar-refractivity contribution is 7.92. The molecule has 2 amide bonds. The van der Waals surface area contributed by atoms with E-state index in [2.05, 4.69) is 5.32 Å². The van der Waals surface area contributed by atoms with E-state index in [4.69, 9.17) is 23.2 Å². The zero-order chi connectivity index (χ0) is 31.9. The molecule has 0 bridgehead atoms. The van der Waals surface area contributed by atoms with Crippen LogP contribution in [0.2, 0.25) is 10.0 Å². The van der Waals surface area contributed by atoms with E-state index in [1.807, 2.05) is 13.8 Å². The predicted molar refractivity (Wildman–Crippen MR) is 162 cm³/mol. The predicted octanol–water partition coefficient (Wildman–Crippen LogP) is 6.33. The molecular weight excluding hydrogens is 626 g/mol. The lowest BCUT2D eigenvalue weighted by Gasteiger charge is -2.34. The third kappa shape index (κ3) is 9.35. The smallest absolute Gasteiger partial charge is 0.352 e. The fourth-order valence-corrected chi connectivity index (χ4v) is 5.57. The molecular formula is C30H32Cl2F3N3O4S. The molecule has 2 unspecified atom stereocenters. The van der Waals surface area contributed by atoms with Crippen LogP contribution in [-0.4, -0.2) is 50.0 Å². The van der Waals surface area contributed by atoms with Crippen LogP contribution in [0.15, 0.2) is 72.8 Å². The minimum absolute atomic E-state index is 0.0807. The molecule has 0 fully saturated rings. The molecule has 13 heteroatoms. The second kappa shape index (κ2) is 14.5. The van der Waals surface area contributed by atoms with Gasteiger partial charge in [0, 0.05) is 24.0 Å². The lowest BCUT2D eigenvalue weighted by atomic mass is 10.0. The van der Waals surface area contributed by atoms with Gasteiger partial charge in [-0.15, -0.1) is 0 Å². The van der Waals surface area contributed by atoms with Crippen molar-refractivity contribution in [1.82, 2.24) is 10.2 Å². The molecule has 7 nitrogen and oxygen atoms in total. The average molecular weight is 659 g/mol. The Hall–Kier alpha value is -3.28. The lowest BCUT2D eigenvalue weighted by molar-refractivity contribution is -0.140. The van der Waals surface area contributed by atoms with Crippen LogP contribution in [-0.2, 0) is 38.8 Å². The van der Waals surface area contributed by atoms with E-state index in [-0.39, 0.29) is 19.0 Å². The second-order valence-corrected chi connectivity index (χ2v) is 12.8. The van der Waals surface area contributed by atoms with E-state index >= 15 is 0 Å². The molecule has 3 aromatic carbocycles.